The molecule has 1 saturated heterocycles. The molecule has 1 heterocycles. The quantitative estimate of drug-likeness (QED) is 0.917. The van der Waals surface area contributed by atoms with Crippen LogP contribution >= 0.6 is 0 Å². The first-order chi connectivity index (χ1) is 9.54. The van der Waals surface area contributed by atoms with Crippen LogP contribution in [0.5, 0.6) is 0 Å². The number of carbonyl (C=O) groups excluding carboxylic acids is 1. The second kappa shape index (κ2) is 6.55. The number of amides is 1. The van der Waals surface area contributed by atoms with Crippen LogP contribution in [0.3, 0.4) is 0 Å². The van der Waals surface area contributed by atoms with Gasteiger partial charge in [-0.05, 0) is 31.2 Å². The largest absolute Gasteiger partial charge is 0.481 e. The highest BCUT2D eigenvalue weighted by Gasteiger charge is 2.25. The molecule has 1 fully saturated rings. The summed E-state index contributed by atoms with van der Waals surface area (Å²) in [5.74, 6) is -0.573. The van der Waals surface area contributed by atoms with Crippen LogP contribution in [0.4, 0.5) is 0 Å². The first-order valence-electron chi connectivity index (χ1n) is 7.09. The fourth-order valence-electron chi connectivity index (χ4n) is 2.81. The molecule has 1 aliphatic heterocycles. The van der Waals surface area contributed by atoms with Gasteiger partial charge < -0.3 is 10.0 Å². The molecule has 1 aliphatic rings. The standard InChI is InChI=1S/C16H21NO3/c1-12-4-2-5-13(8-12)9-15(18)17-7-3-6-14(11-17)10-16(19)20/h2,4-5,8,14H,3,6-7,9-11H2,1H3,(H,19,20). The zero-order valence-electron chi connectivity index (χ0n) is 11.8. The number of aliphatic carboxylic acids is 1. The molecule has 0 aliphatic carbocycles. The Morgan fingerprint density at radius 3 is 2.90 bits per heavy atom. The van der Waals surface area contributed by atoms with E-state index in [-0.39, 0.29) is 18.2 Å². The molecule has 0 bridgehead atoms. The average Bonchev–Trinajstić information content (AvgIpc) is 2.38. The Morgan fingerprint density at radius 2 is 2.20 bits per heavy atom. The molecule has 0 spiro atoms. The van der Waals surface area contributed by atoms with Crippen molar-refractivity contribution < 1.29 is 14.7 Å². The van der Waals surface area contributed by atoms with Crippen molar-refractivity contribution >= 4 is 11.9 Å². The number of benzene rings is 1. The van der Waals surface area contributed by atoms with Gasteiger partial charge in [-0.25, -0.2) is 0 Å². The Bertz CT molecular complexity index is 498. The third-order valence-corrected chi connectivity index (χ3v) is 3.77. The van der Waals surface area contributed by atoms with Gasteiger partial charge in [0, 0.05) is 19.5 Å². The van der Waals surface area contributed by atoms with Crippen molar-refractivity contribution in [1.29, 1.82) is 0 Å². The molecule has 4 nitrogen and oxygen atoms in total. The molecule has 4 heteroatoms. The minimum Gasteiger partial charge on any atom is -0.481 e. The van der Waals surface area contributed by atoms with Crippen molar-refractivity contribution in [2.45, 2.75) is 32.6 Å². The van der Waals surface area contributed by atoms with Crippen LogP contribution in [0.2, 0.25) is 0 Å². The average molecular weight is 275 g/mol. The van der Waals surface area contributed by atoms with Crippen LogP contribution in [0.25, 0.3) is 0 Å². The lowest BCUT2D eigenvalue weighted by Gasteiger charge is -2.32. The van der Waals surface area contributed by atoms with Crippen LogP contribution in [0.1, 0.15) is 30.4 Å². The maximum atomic E-state index is 12.3. The number of nitrogens with zero attached hydrogens (tertiary/aromatic N) is 1. The van der Waals surface area contributed by atoms with Crippen molar-refractivity contribution in [2.75, 3.05) is 13.1 Å². The minimum atomic E-state index is -0.775. The SMILES string of the molecule is Cc1cccc(CC(=O)N2CCCC(CC(=O)O)C2)c1. The fourth-order valence-corrected chi connectivity index (χ4v) is 2.81. The molecule has 1 atom stereocenters. The number of hydrogen-bond donors (Lipinski definition) is 1. The summed E-state index contributed by atoms with van der Waals surface area (Å²) in [6.07, 6.45) is 2.37. The maximum absolute atomic E-state index is 12.3. The number of likely N-dealkylation sites (tertiary alicyclic amines) is 1. The predicted octanol–water partition coefficient (Wildman–Crippen LogP) is 2.25. The number of carboxylic acid groups (broad SMARTS) is 1. The van der Waals surface area contributed by atoms with Gasteiger partial charge in [0.25, 0.3) is 0 Å². The van der Waals surface area contributed by atoms with Gasteiger partial charge in [-0.15, -0.1) is 0 Å². The summed E-state index contributed by atoms with van der Waals surface area (Å²) in [7, 11) is 0. The Hall–Kier alpha value is -1.84. The highest BCUT2D eigenvalue weighted by Crippen LogP contribution is 2.20. The molecule has 1 N–H and O–H groups in total. The number of rotatable bonds is 4. The van der Waals surface area contributed by atoms with Crippen LogP contribution in [0, 0.1) is 12.8 Å². The van der Waals surface area contributed by atoms with Gasteiger partial charge in [-0.2, -0.15) is 0 Å². The van der Waals surface area contributed by atoms with Gasteiger partial charge >= 0.3 is 5.97 Å². The molecule has 2 rings (SSSR count). The summed E-state index contributed by atoms with van der Waals surface area (Å²) in [6.45, 7) is 3.34. The summed E-state index contributed by atoms with van der Waals surface area (Å²) in [4.78, 5) is 24.9. The van der Waals surface area contributed by atoms with Crippen LogP contribution < -0.4 is 0 Å². The summed E-state index contributed by atoms with van der Waals surface area (Å²) >= 11 is 0. The van der Waals surface area contributed by atoms with E-state index in [1.54, 1.807) is 0 Å². The lowest BCUT2D eigenvalue weighted by atomic mass is 9.94. The molecule has 1 aromatic rings. The summed E-state index contributed by atoms with van der Waals surface area (Å²) in [6, 6.07) is 7.96. The van der Waals surface area contributed by atoms with E-state index in [0.717, 1.165) is 30.5 Å². The number of aryl methyl sites for hydroxylation is 1. The van der Waals surface area contributed by atoms with E-state index in [4.69, 9.17) is 5.11 Å². The van der Waals surface area contributed by atoms with Gasteiger partial charge in [0.1, 0.15) is 0 Å². The summed E-state index contributed by atoms with van der Waals surface area (Å²) in [5, 5.41) is 8.85. The number of carbonyl (C=O) groups is 2. The normalized spacial score (nSPS) is 18.9. The Balaban J connectivity index is 1.93. The first-order valence-corrected chi connectivity index (χ1v) is 7.09. The van der Waals surface area contributed by atoms with E-state index >= 15 is 0 Å². The van der Waals surface area contributed by atoms with Crippen molar-refractivity contribution in [3.63, 3.8) is 0 Å². The molecule has 20 heavy (non-hydrogen) atoms. The van der Waals surface area contributed by atoms with Crippen molar-refractivity contribution in [3.05, 3.63) is 35.4 Å². The molecule has 1 amide bonds. The van der Waals surface area contributed by atoms with E-state index in [9.17, 15) is 9.59 Å². The lowest BCUT2D eigenvalue weighted by molar-refractivity contribution is -0.140. The van der Waals surface area contributed by atoms with Crippen molar-refractivity contribution in [1.82, 2.24) is 4.90 Å². The Labute approximate surface area is 119 Å². The van der Waals surface area contributed by atoms with Gasteiger partial charge in [0.2, 0.25) is 5.91 Å². The molecule has 0 radical (unpaired) electrons. The molecule has 1 unspecified atom stereocenters. The number of carboxylic acids is 1. The molecule has 108 valence electrons. The van der Waals surface area contributed by atoms with E-state index in [1.807, 2.05) is 36.1 Å². The predicted molar refractivity (Wildman–Crippen MR) is 76.4 cm³/mol. The van der Waals surface area contributed by atoms with Gasteiger partial charge in [-0.1, -0.05) is 29.8 Å². The third-order valence-electron chi connectivity index (χ3n) is 3.77. The van der Waals surface area contributed by atoms with Crippen molar-refractivity contribution in [2.24, 2.45) is 5.92 Å². The number of piperidine rings is 1. The first kappa shape index (κ1) is 14.6. The molecule has 0 aromatic heterocycles. The zero-order chi connectivity index (χ0) is 14.5. The van der Waals surface area contributed by atoms with E-state index in [0.29, 0.717) is 13.0 Å². The Kier molecular flexibility index (Phi) is 4.77. The maximum Gasteiger partial charge on any atom is 0.303 e. The monoisotopic (exact) mass is 275 g/mol. The van der Waals surface area contributed by atoms with Crippen molar-refractivity contribution in [3.8, 4) is 0 Å². The minimum absolute atomic E-state index is 0.0997. The van der Waals surface area contributed by atoms with E-state index in [2.05, 4.69) is 0 Å². The van der Waals surface area contributed by atoms with E-state index < -0.39 is 5.97 Å². The molecular weight excluding hydrogens is 254 g/mol. The van der Waals surface area contributed by atoms with Crippen LogP contribution in [-0.2, 0) is 16.0 Å². The molecule has 0 saturated carbocycles. The highest BCUT2D eigenvalue weighted by molar-refractivity contribution is 5.79. The molecule has 1 aromatic carbocycles. The summed E-state index contributed by atoms with van der Waals surface area (Å²) < 4.78 is 0. The van der Waals surface area contributed by atoms with Gasteiger partial charge in [0.15, 0.2) is 0 Å². The van der Waals surface area contributed by atoms with Crippen LogP contribution in [0.15, 0.2) is 24.3 Å². The number of hydrogen-bond acceptors (Lipinski definition) is 2. The second-order valence-corrected chi connectivity index (χ2v) is 5.61. The van der Waals surface area contributed by atoms with Crippen LogP contribution in [-0.4, -0.2) is 35.0 Å². The van der Waals surface area contributed by atoms with E-state index in [1.165, 1.54) is 0 Å². The van der Waals surface area contributed by atoms with Gasteiger partial charge in [0.05, 0.1) is 6.42 Å². The zero-order valence-corrected chi connectivity index (χ0v) is 11.8. The second-order valence-electron chi connectivity index (χ2n) is 5.61. The fraction of sp³-hybridized carbons (Fsp3) is 0.500. The highest BCUT2D eigenvalue weighted by atomic mass is 16.4. The van der Waals surface area contributed by atoms with Gasteiger partial charge in [-0.3, -0.25) is 9.59 Å². The third kappa shape index (κ3) is 4.08. The Morgan fingerprint density at radius 1 is 1.40 bits per heavy atom. The lowest BCUT2D eigenvalue weighted by Crippen LogP contribution is -2.41. The molecular formula is C16H21NO3. The summed E-state index contributed by atoms with van der Waals surface area (Å²) in [5.41, 5.74) is 2.17. The topological polar surface area (TPSA) is 57.6 Å². The smallest absolute Gasteiger partial charge is 0.303 e.